The Morgan fingerprint density at radius 3 is 2.52 bits per heavy atom. The molecule has 21 heavy (non-hydrogen) atoms. The number of nitrogens with zero attached hydrogens (tertiary/aromatic N) is 1. The molecule has 0 aliphatic heterocycles. The first kappa shape index (κ1) is 15.9. The molecular formula is C12H11ClN2O4S2. The summed E-state index contributed by atoms with van der Waals surface area (Å²) in [5, 5.41) is 10.7. The van der Waals surface area contributed by atoms with Gasteiger partial charge in [-0.1, -0.05) is 41.9 Å². The molecule has 0 saturated carbocycles. The maximum absolute atomic E-state index is 12.0. The first-order chi connectivity index (χ1) is 9.90. The lowest BCUT2D eigenvalue weighted by atomic mass is 10.2. The van der Waals surface area contributed by atoms with Crippen LogP contribution in [0.3, 0.4) is 0 Å². The minimum Gasteiger partial charge on any atom is -0.258 e. The number of nitro groups is 1. The van der Waals surface area contributed by atoms with Crippen molar-refractivity contribution in [1.82, 2.24) is 4.72 Å². The van der Waals surface area contributed by atoms with Crippen LogP contribution in [0.2, 0.25) is 4.34 Å². The fraction of sp³-hybridized carbons (Fsp3) is 0.167. The van der Waals surface area contributed by atoms with Crippen molar-refractivity contribution in [3.05, 3.63) is 56.4 Å². The summed E-state index contributed by atoms with van der Waals surface area (Å²) < 4.78 is 26.2. The second kappa shape index (κ2) is 6.52. The molecule has 6 nitrogen and oxygen atoms in total. The first-order valence-corrected chi connectivity index (χ1v) is 8.55. The zero-order valence-corrected chi connectivity index (χ0v) is 13.0. The van der Waals surface area contributed by atoms with E-state index in [-0.39, 0.29) is 15.1 Å². The van der Waals surface area contributed by atoms with Crippen LogP contribution in [0.5, 0.6) is 0 Å². The Balaban J connectivity index is 2.05. The number of sulfonamides is 1. The van der Waals surface area contributed by atoms with Crippen LogP contribution in [0.1, 0.15) is 5.56 Å². The van der Waals surface area contributed by atoms with Gasteiger partial charge in [-0.25, -0.2) is 13.1 Å². The molecule has 0 aliphatic rings. The highest BCUT2D eigenvalue weighted by Gasteiger charge is 2.24. The van der Waals surface area contributed by atoms with Gasteiger partial charge in [0.25, 0.3) is 5.69 Å². The average molecular weight is 347 g/mol. The zero-order valence-electron chi connectivity index (χ0n) is 10.7. The van der Waals surface area contributed by atoms with Gasteiger partial charge in [0.15, 0.2) is 4.34 Å². The van der Waals surface area contributed by atoms with E-state index in [9.17, 15) is 18.5 Å². The predicted octanol–water partition coefficient (Wildman–Crippen LogP) is 2.83. The lowest BCUT2D eigenvalue weighted by Gasteiger charge is -2.04. The van der Waals surface area contributed by atoms with Gasteiger partial charge in [0.2, 0.25) is 10.0 Å². The summed E-state index contributed by atoms with van der Waals surface area (Å²) in [5.41, 5.74) is 0.598. The van der Waals surface area contributed by atoms with Crippen LogP contribution in [0.4, 0.5) is 5.69 Å². The third-order valence-electron chi connectivity index (χ3n) is 2.66. The number of hydrogen-bond donors (Lipinski definition) is 1. The Morgan fingerprint density at radius 2 is 1.95 bits per heavy atom. The van der Waals surface area contributed by atoms with E-state index in [0.717, 1.165) is 11.6 Å². The van der Waals surface area contributed by atoms with E-state index in [4.69, 9.17) is 11.6 Å². The molecule has 1 aromatic heterocycles. The highest BCUT2D eigenvalue weighted by atomic mass is 35.5. The van der Waals surface area contributed by atoms with Crippen molar-refractivity contribution in [3.8, 4) is 0 Å². The van der Waals surface area contributed by atoms with Crippen LogP contribution in [-0.2, 0) is 16.4 Å². The van der Waals surface area contributed by atoms with Crippen molar-refractivity contribution in [2.24, 2.45) is 0 Å². The molecule has 0 spiro atoms. The van der Waals surface area contributed by atoms with Crippen LogP contribution in [-0.4, -0.2) is 19.9 Å². The third kappa shape index (κ3) is 4.01. The standard InChI is InChI=1S/C12H11ClN2O4S2/c13-12-10(15(16)17)8-11(20-12)21(18,19)14-7-6-9-4-2-1-3-5-9/h1-5,8,14H,6-7H2. The minimum absolute atomic E-state index is 0.150. The van der Waals surface area contributed by atoms with Crippen LogP contribution >= 0.6 is 22.9 Å². The lowest BCUT2D eigenvalue weighted by molar-refractivity contribution is -0.384. The monoisotopic (exact) mass is 346 g/mol. The maximum atomic E-state index is 12.0. The maximum Gasteiger partial charge on any atom is 0.300 e. The van der Waals surface area contributed by atoms with Gasteiger partial charge in [-0.15, -0.1) is 11.3 Å². The second-order valence-corrected chi connectivity index (χ2v) is 7.76. The molecule has 0 unspecified atom stereocenters. The Labute approximate surface area is 130 Å². The summed E-state index contributed by atoms with van der Waals surface area (Å²) >= 11 is 6.33. The Kier molecular flexibility index (Phi) is 4.94. The average Bonchev–Trinajstić information content (AvgIpc) is 2.83. The van der Waals surface area contributed by atoms with Gasteiger partial charge in [0.05, 0.1) is 4.92 Å². The van der Waals surface area contributed by atoms with E-state index in [1.807, 2.05) is 30.3 Å². The van der Waals surface area contributed by atoms with Gasteiger partial charge < -0.3 is 0 Å². The van der Waals surface area contributed by atoms with E-state index in [1.54, 1.807) is 0 Å². The number of hydrogen-bond acceptors (Lipinski definition) is 5. The molecule has 0 fully saturated rings. The van der Waals surface area contributed by atoms with Crippen molar-refractivity contribution >= 4 is 38.6 Å². The Hall–Kier alpha value is -1.48. The van der Waals surface area contributed by atoms with Crippen LogP contribution in [0, 0.1) is 10.1 Å². The van der Waals surface area contributed by atoms with Crippen molar-refractivity contribution < 1.29 is 13.3 Å². The van der Waals surface area contributed by atoms with Gasteiger partial charge in [-0.05, 0) is 12.0 Å². The number of rotatable bonds is 6. The van der Waals surface area contributed by atoms with Crippen LogP contribution in [0.25, 0.3) is 0 Å². The smallest absolute Gasteiger partial charge is 0.258 e. The molecular weight excluding hydrogens is 336 g/mol. The van der Waals surface area contributed by atoms with Crippen molar-refractivity contribution in [1.29, 1.82) is 0 Å². The van der Waals surface area contributed by atoms with E-state index in [0.29, 0.717) is 17.8 Å². The summed E-state index contributed by atoms with van der Waals surface area (Å²) in [6.45, 7) is 0.204. The van der Waals surface area contributed by atoms with Gasteiger partial charge in [-0.3, -0.25) is 10.1 Å². The summed E-state index contributed by atoms with van der Waals surface area (Å²) in [5.74, 6) is 0. The van der Waals surface area contributed by atoms with Crippen molar-refractivity contribution in [2.75, 3.05) is 6.54 Å². The van der Waals surface area contributed by atoms with Gasteiger partial charge >= 0.3 is 0 Å². The molecule has 112 valence electrons. The molecule has 2 rings (SSSR count). The molecule has 0 saturated heterocycles. The molecule has 1 N–H and O–H groups in total. The van der Waals surface area contributed by atoms with Gasteiger partial charge in [0.1, 0.15) is 4.21 Å². The predicted molar refractivity (Wildman–Crippen MR) is 81.3 cm³/mol. The summed E-state index contributed by atoms with van der Waals surface area (Å²) in [6.07, 6.45) is 0.529. The minimum atomic E-state index is -3.79. The fourth-order valence-electron chi connectivity index (χ4n) is 1.64. The molecule has 9 heteroatoms. The molecule has 0 radical (unpaired) electrons. The van der Waals surface area contributed by atoms with Crippen LogP contribution < -0.4 is 4.72 Å². The van der Waals surface area contributed by atoms with Gasteiger partial charge in [0, 0.05) is 12.6 Å². The third-order valence-corrected chi connectivity index (χ3v) is 5.93. The summed E-state index contributed by atoms with van der Waals surface area (Å²) in [7, 11) is -3.79. The van der Waals surface area contributed by atoms with Crippen molar-refractivity contribution in [2.45, 2.75) is 10.6 Å². The highest BCUT2D eigenvalue weighted by Crippen LogP contribution is 2.35. The number of halogens is 1. The van der Waals surface area contributed by atoms with Gasteiger partial charge in [-0.2, -0.15) is 0 Å². The van der Waals surface area contributed by atoms with E-state index < -0.39 is 20.6 Å². The Bertz CT molecular complexity index is 744. The molecule has 2 aromatic rings. The van der Waals surface area contributed by atoms with Crippen molar-refractivity contribution in [3.63, 3.8) is 0 Å². The highest BCUT2D eigenvalue weighted by molar-refractivity contribution is 7.91. The number of nitrogens with one attached hydrogen (secondary N) is 1. The summed E-state index contributed by atoms with van der Waals surface area (Å²) in [4.78, 5) is 9.97. The normalized spacial score (nSPS) is 11.5. The first-order valence-electron chi connectivity index (χ1n) is 5.87. The second-order valence-electron chi connectivity index (χ2n) is 4.11. The van der Waals surface area contributed by atoms with E-state index in [1.165, 1.54) is 0 Å². The molecule has 0 bridgehead atoms. The van der Waals surface area contributed by atoms with E-state index in [2.05, 4.69) is 4.72 Å². The molecule has 0 amide bonds. The number of benzene rings is 1. The lowest BCUT2D eigenvalue weighted by Crippen LogP contribution is -2.25. The topological polar surface area (TPSA) is 89.3 Å². The molecule has 1 heterocycles. The summed E-state index contributed by atoms with van der Waals surface area (Å²) in [6, 6.07) is 10.4. The van der Waals surface area contributed by atoms with Crippen LogP contribution in [0.15, 0.2) is 40.6 Å². The fourth-order valence-corrected chi connectivity index (χ4v) is 4.38. The SMILES string of the molecule is O=[N+]([O-])c1cc(S(=O)(=O)NCCc2ccccc2)sc1Cl. The Morgan fingerprint density at radius 1 is 1.29 bits per heavy atom. The quantitative estimate of drug-likeness (QED) is 0.643. The number of thiophene rings is 1. The molecule has 0 aliphatic carbocycles. The van der Waals surface area contributed by atoms with E-state index >= 15 is 0 Å². The zero-order chi connectivity index (χ0) is 15.5. The molecule has 0 atom stereocenters. The molecule has 1 aromatic carbocycles. The largest absolute Gasteiger partial charge is 0.300 e.